The number of hydrogen-bond acceptors (Lipinski definition) is 7. The van der Waals surface area contributed by atoms with Crippen molar-refractivity contribution in [1.82, 2.24) is 4.98 Å². The molecule has 3 rings (SSSR count). The maximum Gasteiger partial charge on any atom is 0.335 e. The van der Waals surface area contributed by atoms with E-state index in [1.54, 1.807) is 28.1 Å². The fourth-order valence-electron chi connectivity index (χ4n) is 3.78. The summed E-state index contributed by atoms with van der Waals surface area (Å²) in [5.74, 6) is 1.81. The number of benzene rings is 1. The quantitative estimate of drug-likeness (QED) is 0.563. The minimum atomic E-state index is -1.17. The van der Waals surface area contributed by atoms with Crippen LogP contribution in [0.5, 0.6) is 11.5 Å². The summed E-state index contributed by atoms with van der Waals surface area (Å²) < 4.78 is 28.3. The van der Waals surface area contributed by atoms with E-state index in [4.69, 9.17) is 23.4 Å². The van der Waals surface area contributed by atoms with Gasteiger partial charge in [-0.2, -0.15) is 0 Å². The molecular formula is C24H33NO7. The van der Waals surface area contributed by atoms with Crippen LogP contribution in [0, 0.1) is 12.8 Å². The Balaban J connectivity index is 1.58. The first-order valence-corrected chi connectivity index (χ1v) is 10.9. The molecule has 0 spiro atoms. The molecule has 1 N–H and O–H groups in total. The summed E-state index contributed by atoms with van der Waals surface area (Å²) in [5, 5.41) is 9.22. The molecule has 0 saturated heterocycles. The van der Waals surface area contributed by atoms with Gasteiger partial charge in [-0.25, -0.2) is 9.78 Å². The second-order valence-electron chi connectivity index (χ2n) is 8.68. The Kier molecular flexibility index (Phi) is 7.79. The molecule has 0 aliphatic heterocycles. The van der Waals surface area contributed by atoms with Gasteiger partial charge in [0, 0.05) is 5.56 Å². The average Bonchev–Trinajstić information content (AvgIpc) is 3.16. The number of carbonyl (C=O) groups is 1. The van der Waals surface area contributed by atoms with E-state index >= 15 is 0 Å². The van der Waals surface area contributed by atoms with E-state index < -0.39 is 11.6 Å². The van der Waals surface area contributed by atoms with Gasteiger partial charge in [-0.15, -0.1) is 0 Å². The lowest BCUT2D eigenvalue weighted by Gasteiger charge is -2.31. The second-order valence-corrected chi connectivity index (χ2v) is 8.68. The molecule has 1 fully saturated rings. The van der Waals surface area contributed by atoms with Crippen LogP contribution in [0.1, 0.15) is 51.0 Å². The van der Waals surface area contributed by atoms with Crippen molar-refractivity contribution in [3.63, 3.8) is 0 Å². The zero-order valence-corrected chi connectivity index (χ0v) is 19.5. The summed E-state index contributed by atoms with van der Waals surface area (Å²) in [5.41, 5.74) is 0.389. The fourth-order valence-corrected chi connectivity index (χ4v) is 3.78. The Bertz CT molecular complexity index is 921. The first-order chi connectivity index (χ1) is 15.2. The Morgan fingerprint density at radius 2 is 1.97 bits per heavy atom. The Morgan fingerprint density at radius 3 is 2.66 bits per heavy atom. The Morgan fingerprint density at radius 1 is 1.22 bits per heavy atom. The number of carboxylic acid groups (broad SMARTS) is 1. The van der Waals surface area contributed by atoms with Gasteiger partial charge in [0.2, 0.25) is 5.89 Å². The molecule has 8 heteroatoms. The number of rotatable bonds is 10. The molecule has 1 aromatic heterocycles. The zero-order chi connectivity index (χ0) is 23.3. The second kappa shape index (κ2) is 10.4. The van der Waals surface area contributed by atoms with Crippen LogP contribution in [0.15, 0.2) is 22.6 Å². The minimum Gasteiger partial charge on any atom is -0.493 e. The summed E-state index contributed by atoms with van der Waals surface area (Å²) in [6.07, 6.45) is 3.95. The van der Waals surface area contributed by atoms with Crippen molar-refractivity contribution in [3.05, 3.63) is 29.7 Å². The van der Waals surface area contributed by atoms with Gasteiger partial charge in [-0.3, -0.25) is 0 Å². The van der Waals surface area contributed by atoms with Gasteiger partial charge in [0.1, 0.15) is 11.5 Å². The van der Waals surface area contributed by atoms with Crippen LogP contribution >= 0.6 is 0 Å². The van der Waals surface area contributed by atoms with Crippen molar-refractivity contribution >= 4 is 5.97 Å². The number of nitrogens with zero attached hydrogens (tertiary/aromatic N) is 1. The molecule has 8 nitrogen and oxygen atoms in total. The lowest BCUT2D eigenvalue weighted by atomic mass is 9.87. The minimum absolute atomic E-state index is 0.0888. The molecule has 2 aromatic rings. The normalized spacial score (nSPS) is 19.0. The molecule has 1 aliphatic carbocycles. The summed E-state index contributed by atoms with van der Waals surface area (Å²) in [4.78, 5) is 15.9. The molecule has 2 atom stereocenters. The third kappa shape index (κ3) is 5.81. The smallest absolute Gasteiger partial charge is 0.335 e. The number of methoxy groups -OCH3 is 2. The first-order valence-electron chi connectivity index (χ1n) is 10.9. The van der Waals surface area contributed by atoms with E-state index in [0.717, 1.165) is 36.9 Å². The van der Waals surface area contributed by atoms with Crippen LogP contribution in [0.3, 0.4) is 0 Å². The third-order valence-corrected chi connectivity index (χ3v) is 5.91. The van der Waals surface area contributed by atoms with E-state index in [0.29, 0.717) is 36.4 Å². The molecule has 1 saturated carbocycles. The number of aryl methyl sites for hydroxylation is 1. The first kappa shape index (κ1) is 24.1. The molecule has 0 bridgehead atoms. The third-order valence-electron chi connectivity index (χ3n) is 5.91. The monoisotopic (exact) mass is 447 g/mol. The molecule has 0 radical (unpaired) electrons. The number of carboxylic acids is 1. The van der Waals surface area contributed by atoms with Crippen molar-refractivity contribution < 1.29 is 33.3 Å². The Labute approximate surface area is 188 Å². The van der Waals surface area contributed by atoms with Gasteiger partial charge in [-0.05, 0) is 64.2 Å². The number of hydrogen-bond donors (Lipinski definition) is 1. The van der Waals surface area contributed by atoms with Crippen molar-refractivity contribution in [2.45, 2.75) is 64.8 Å². The number of aromatic nitrogens is 1. The fraction of sp³-hybridized carbons (Fsp3) is 0.583. The van der Waals surface area contributed by atoms with Gasteiger partial charge in [0.25, 0.3) is 0 Å². The predicted octanol–water partition coefficient (Wildman–Crippen LogP) is 4.62. The van der Waals surface area contributed by atoms with Gasteiger partial charge >= 0.3 is 5.97 Å². The molecule has 1 heterocycles. The highest BCUT2D eigenvalue weighted by atomic mass is 16.5. The van der Waals surface area contributed by atoms with E-state index in [2.05, 4.69) is 4.98 Å². The van der Waals surface area contributed by atoms with Crippen LogP contribution in [-0.4, -0.2) is 48.6 Å². The summed E-state index contributed by atoms with van der Waals surface area (Å²) in [6, 6.07) is 5.53. The Hall–Kier alpha value is -2.58. The van der Waals surface area contributed by atoms with Crippen LogP contribution in [0.4, 0.5) is 0 Å². The maximum absolute atomic E-state index is 11.2. The molecule has 2 unspecified atom stereocenters. The van der Waals surface area contributed by atoms with E-state index in [-0.39, 0.29) is 12.0 Å². The highest BCUT2D eigenvalue weighted by molar-refractivity contribution is 5.76. The highest BCUT2D eigenvalue weighted by Crippen LogP contribution is 2.33. The number of oxazole rings is 1. The highest BCUT2D eigenvalue weighted by Gasteiger charge is 2.31. The SMILES string of the molecule is COc1ccc(-c2nc(COC3CCCC(COC(C)(C)C(=O)O)C3)c(C)o2)cc1OC. The molecule has 0 amide bonds. The molecule has 32 heavy (non-hydrogen) atoms. The van der Waals surface area contributed by atoms with Crippen molar-refractivity contribution in [2.24, 2.45) is 5.92 Å². The van der Waals surface area contributed by atoms with E-state index in [9.17, 15) is 9.90 Å². The topological polar surface area (TPSA) is 100 Å². The summed E-state index contributed by atoms with van der Waals surface area (Å²) in [6.45, 7) is 5.82. The summed E-state index contributed by atoms with van der Waals surface area (Å²) in [7, 11) is 3.18. The standard InChI is InChI=1S/C24H33NO7/c1-15-19(25-22(32-15)17-9-10-20(28-4)21(12-17)29-5)14-30-18-8-6-7-16(11-18)13-31-24(2,3)23(26)27/h9-10,12,16,18H,6-8,11,13-14H2,1-5H3,(H,26,27). The van der Waals surface area contributed by atoms with Crippen molar-refractivity contribution in [3.8, 4) is 23.0 Å². The lowest BCUT2D eigenvalue weighted by Crippen LogP contribution is -2.37. The van der Waals surface area contributed by atoms with Crippen LogP contribution in [0.25, 0.3) is 11.5 Å². The van der Waals surface area contributed by atoms with Gasteiger partial charge in [-0.1, -0.05) is 6.42 Å². The average molecular weight is 448 g/mol. The van der Waals surface area contributed by atoms with Gasteiger partial charge in [0.15, 0.2) is 17.1 Å². The van der Waals surface area contributed by atoms with Crippen molar-refractivity contribution in [1.29, 1.82) is 0 Å². The van der Waals surface area contributed by atoms with Gasteiger partial charge in [0.05, 0.1) is 33.5 Å². The lowest BCUT2D eigenvalue weighted by molar-refractivity contribution is -0.163. The molecular weight excluding hydrogens is 414 g/mol. The number of aliphatic carboxylic acids is 1. The number of ether oxygens (including phenoxy) is 4. The van der Waals surface area contributed by atoms with Crippen molar-refractivity contribution in [2.75, 3.05) is 20.8 Å². The summed E-state index contributed by atoms with van der Waals surface area (Å²) >= 11 is 0. The largest absolute Gasteiger partial charge is 0.493 e. The molecule has 176 valence electrons. The van der Waals surface area contributed by atoms with Crippen LogP contribution in [0.2, 0.25) is 0 Å². The van der Waals surface area contributed by atoms with Crippen LogP contribution in [-0.2, 0) is 20.9 Å². The van der Waals surface area contributed by atoms with E-state index in [1.165, 1.54) is 0 Å². The maximum atomic E-state index is 11.2. The van der Waals surface area contributed by atoms with Gasteiger partial charge < -0.3 is 28.5 Å². The molecule has 1 aliphatic rings. The van der Waals surface area contributed by atoms with E-state index in [1.807, 2.05) is 25.1 Å². The van der Waals surface area contributed by atoms with Crippen LogP contribution < -0.4 is 9.47 Å². The molecule has 1 aromatic carbocycles. The predicted molar refractivity (Wildman–Crippen MR) is 118 cm³/mol. The zero-order valence-electron chi connectivity index (χ0n) is 19.5.